The van der Waals surface area contributed by atoms with Crippen molar-refractivity contribution in [3.63, 3.8) is 0 Å². The summed E-state index contributed by atoms with van der Waals surface area (Å²) in [5.74, 6) is 0. The molecule has 0 saturated heterocycles. The summed E-state index contributed by atoms with van der Waals surface area (Å²) in [6.07, 6.45) is 17.8. The Morgan fingerprint density at radius 2 is 1.05 bits per heavy atom. The van der Waals surface area contributed by atoms with Crippen LogP contribution in [0, 0.1) is 5.41 Å². The summed E-state index contributed by atoms with van der Waals surface area (Å²) in [6, 6.07) is 8.74. The van der Waals surface area contributed by atoms with Crippen LogP contribution < -0.4 is 0 Å². The molecule has 104 valence electrons. The Morgan fingerprint density at radius 1 is 0.579 bits per heavy atom. The van der Waals surface area contributed by atoms with E-state index in [1.165, 1.54) is 51.4 Å². The number of benzene rings is 1. The molecular weight excluding hydrogens is 228 g/mol. The van der Waals surface area contributed by atoms with Gasteiger partial charge >= 0.3 is 0 Å². The zero-order valence-electron chi connectivity index (χ0n) is 12.3. The number of hydrogen-bond acceptors (Lipinski definition) is 0. The molecule has 0 atom stereocenters. The number of fused-ring (bicyclic) bond motifs is 1. The van der Waals surface area contributed by atoms with Gasteiger partial charge in [0.1, 0.15) is 0 Å². The van der Waals surface area contributed by atoms with Crippen LogP contribution in [0.25, 0.3) is 0 Å². The van der Waals surface area contributed by atoms with Crippen molar-refractivity contribution in [2.75, 3.05) is 0 Å². The van der Waals surface area contributed by atoms with E-state index in [0.29, 0.717) is 0 Å². The van der Waals surface area contributed by atoms with Gasteiger partial charge in [0.15, 0.2) is 0 Å². The molecule has 19 heavy (non-hydrogen) atoms. The smallest absolute Gasteiger partial charge is 0.0273 e. The first-order chi connectivity index (χ1) is 9.38. The highest BCUT2D eigenvalue weighted by molar-refractivity contribution is 5.30. The molecular formula is C19H28. The third-order valence-corrected chi connectivity index (χ3v) is 5.59. The Bertz CT molecular complexity index is 367. The highest BCUT2D eigenvalue weighted by atomic mass is 14.4. The van der Waals surface area contributed by atoms with Crippen LogP contribution in [-0.4, -0.2) is 0 Å². The SMILES string of the molecule is C1CCC2(CC1)CCCC2.c1ccc2c(c1)CCC2. The zero-order valence-corrected chi connectivity index (χ0v) is 12.3. The average molecular weight is 256 g/mol. The van der Waals surface area contributed by atoms with Gasteiger partial charge in [-0.3, -0.25) is 0 Å². The lowest BCUT2D eigenvalue weighted by Crippen LogP contribution is -2.19. The number of aryl methyl sites for hydroxylation is 2. The summed E-state index contributed by atoms with van der Waals surface area (Å²) >= 11 is 0. The fourth-order valence-electron chi connectivity index (χ4n) is 4.44. The maximum absolute atomic E-state index is 2.24. The summed E-state index contributed by atoms with van der Waals surface area (Å²) < 4.78 is 0. The van der Waals surface area contributed by atoms with E-state index in [1.54, 1.807) is 36.8 Å². The van der Waals surface area contributed by atoms with Crippen molar-refractivity contribution in [3.8, 4) is 0 Å². The zero-order chi connectivity index (χ0) is 13.0. The van der Waals surface area contributed by atoms with Crippen LogP contribution in [-0.2, 0) is 12.8 Å². The molecule has 0 heterocycles. The van der Waals surface area contributed by atoms with Crippen molar-refractivity contribution in [2.45, 2.75) is 77.0 Å². The first-order valence-electron chi connectivity index (χ1n) is 8.45. The lowest BCUT2D eigenvalue weighted by molar-refractivity contribution is 0.197. The lowest BCUT2D eigenvalue weighted by Gasteiger charge is -2.32. The van der Waals surface area contributed by atoms with Gasteiger partial charge in [-0.25, -0.2) is 0 Å². The molecule has 4 rings (SSSR count). The summed E-state index contributed by atoms with van der Waals surface area (Å²) in [5, 5.41) is 0. The number of hydrogen-bond donors (Lipinski definition) is 0. The molecule has 3 aliphatic rings. The van der Waals surface area contributed by atoms with Crippen molar-refractivity contribution in [1.29, 1.82) is 0 Å². The van der Waals surface area contributed by atoms with E-state index < -0.39 is 0 Å². The van der Waals surface area contributed by atoms with Gasteiger partial charge < -0.3 is 0 Å². The van der Waals surface area contributed by atoms with E-state index in [4.69, 9.17) is 0 Å². The van der Waals surface area contributed by atoms with Gasteiger partial charge in [0, 0.05) is 0 Å². The molecule has 2 fully saturated rings. The molecule has 0 aromatic heterocycles. The molecule has 0 amide bonds. The van der Waals surface area contributed by atoms with Crippen LogP contribution in [0.4, 0.5) is 0 Å². The first kappa shape index (κ1) is 13.2. The monoisotopic (exact) mass is 256 g/mol. The molecule has 3 aliphatic carbocycles. The van der Waals surface area contributed by atoms with E-state index in [1.807, 2.05) is 0 Å². The molecule has 0 nitrogen and oxygen atoms in total. The lowest BCUT2D eigenvalue weighted by atomic mass is 9.73. The maximum atomic E-state index is 2.24. The molecule has 1 aromatic rings. The van der Waals surface area contributed by atoms with Crippen molar-refractivity contribution in [2.24, 2.45) is 5.41 Å². The Balaban J connectivity index is 0.000000117. The van der Waals surface area contributed by atoms with E-state index >= 15 is 0 Å². The van der Waals surface area contributed by atoms with Gasteiger partial charge in [-0.2, -0.15) is 0 Å². The minimum absolute atomic E-state index is 0.873. The second-order valence-electron chi connectivity index (χ2n) is 6.89. The highest BCUT2D eigenvalue weighted by Crippen LogP contribution is 2.48. The van der Waals surface area contributed by atoms with Gasteiger partial charge in [-0.05, 0) is 61.5 Å². The minimum atomic E-state index is 0.873. The van der Waals surface area contributed by atoms with Crippen LogP contribution in [0.2, 0.25) is 0 Å². The topological polar surface area (TPSA) is 0 Å². The van der Waals surface area contributed by atoms with Gasteiger partial charge in [0.2, 0.25) is 0 Å². The fourth-order valence-corrected chi connectivity index (χ4v) is 4.44. The molecule has 0 heteroatoms. The number of rotatable bonds is 0. The van der Waals surface area contributed by atoms with Crippen LogP contribution >= 0.6 is 0 Å². The molecule has 0 N–H and O–H groups in total. The standard InChI is InChI=1S/C10H18.C9H10/c1-2-6-10(7-3-1)8-4-5-9-10;1-2-5-9-7-3-6-8(9)4-1/h1-9H2;1-2,4-5H,3,6-7H2. The van der Waals surface area contributed by atoms with Crippen LogP contribution in [0.15, 0.2) is 24.3 Å². The van der Waals surface area contributed by atoms with E-state index in [2.05, 4.69) is 24.3 Å². The Morgan fingerprint density at radius 3 is 1.58 bits per heavy atom. The Labute approximate surface area is 118 Å². The maximum Gasteiger partial charge on any atom is -0.0273 e. The molecule has 1 spiro atoms. The Kier molecular flexibility index (Phi) is 4.25. The third-order valence-electron chi connectivity index (χ3n) is 5.59. The van der Waals surface area contributed by atoms with Crippen LogP contribution in [0.3, 0.4) is 0 Å². The molecule has 2 saturated carbocycles. The molecule has 0 radical (unpaired) electrons. The second-order valence-corrected chi connectivity index (χ2v) is 6.89. The van der Waals surface area contributed by atoms with E-state index in [0.717, 1.165) is 5.41 Å². The van der Waals surface area contributed by atoms with Crippen LogP contribution in [0.5, 0.6) is 0 Å². The normalized spacial score (nSPS) is 23.8. The predicted molar refractivity (Wildman–Crippen MR) is 82.5 cm³/mol. The Hall–Kier alpha value is -0.780. The molecule has 1 aromatic carbocycles. The summed E-state index contributed by atoms with van der Waals surface area (Å²) in [4.78, 5) is 0. The van der Waals surface area contributed by atoms with Gasteiger partial charge in [0.25, 0.3) is 0 Å². The molecule has 0 bridgehead atoms. The summed E-state index contributed by atoms with van der Waals surface area (Å²) in [7, 11) is 0. The minimum Gasteiger partial charge on any atom is -0.0620 e. The molecule has 0 aliphatic heterocycles. The fraction of sp³-hybridized carbons (Fsp3) is 0.684. The average Bonchev–Trinajstić information content (AvgIpc) is 3.10. The summed E-state index contributed by atoms with van der Waals surface area (Å²) in [5.41, 5.74) is 4.01. The predicted octanol–water partition coefficient (Wildman–Crippen LogP) is 5.69. The first-order valence-corrected chi connectivity index (χ1v) is 8.45. The van der Waals surface area contributed by atoms with E-state index in [-0.39, 0.29) is 0 Å². The second kappa shape index (κ2) is 6.11. The van der Waals surface area contributed by atoms with Crippen molar-refractivity contribution >= 4 is 0 Å². The van der Waals surface area contributed by atoms with E-state index in [9.17, 15) is 0 Å². The molecule has 0 unspecified atom stereocenters. The van der Waals surface area contributed by atoms with Crippen molar-refractivity contribution < 1.29 is 0 Å². The van der Waals surface area contributed by atoms with Gasteiger partial charge in [-0.15, -0.1) is 0 Å². The van der Waals surface area contributed by atoms with Crippen molar-refractivity contribution in [1.82, 2.24) is 0 Å². The van der Waals surface area contributed by atoms with Crippen molar-refractivity contribution in [3.05, 3.63) is 35.4 Å². The van der Waals surface area contributed by atoms with Crippen LogP contribution in [0.1, 0.15) is 75.3 Å². The quantitative estimate of drug-likeness (QED) is 0.559. The summed E-state index contributed by atoms with van der Waals surface area (Å²) in [6.45, 7) is 0. The largest absolute Gasteiger partial charge is 0.0620 e. The van der Waals surface area contributed by atoms with Gasteiger partial charge in [-0.1, -0.05) is 56.4 Å². The third kappa shape index (κ3) is 3.22. The van der Waals surface area contributed by atoms with Gasteiger partial charge in [0.05, 0.1) is 0 Å². The highest BCUT2D eigenvalue weighted by Gasteiger charge is 2.34.